The van der Waals surface area contributed by atoms with Gasteiger partial charge in [-0.2, -0.15) is 0 Å². The molecule has 0 radical (unpaired) electrons. The molecule has 1 aromatic carbocycles. The van der Waals surface area contributed by atoms with Crippen LogP contribution in [-0.2, 0) is 10.0 Å². The molecule has 1 aromatic heterocycles. The van der Waals surface area contributed by atoms with Gasteiger partial charge in [-0.05, 0) is 31.0 Å². The van der Waals surface area contributed by atoms with E-state index in [1.165, 1.54) is 10.6 Å². The van der Waals surface area contributed by atoms with E-state index in [0.717, 1.165) is 47.1 Å². The first-order chi connectivity index (χ1) is 10.9. The van der Waals surface area contributed by atoms with E-state index in [2.05, 4.69) is 30.8 Å². The van der Waals surface area contributed by atoms with Crippen molar-refractivity contribution in [3.63, 3.8) is 0 Å². The Balaban J connectivity index is 1.82. The van der Waals surface area contributed by atoms with Crippen molar-refractivity contribution in [1.29, 1.82) is 0 Å². The number of anilines is 1. The Labute approximate surface area is 144 Å². The van der Waals surface area contributed by atoms with Crippen LogP contribution in [0.15, 0.2) is 29.0 Å². The molecule has 0 bridgehead atoms. The molecular weight excluding hydrogens is 380 g/mol. The van der Waals surface area contributed by atoms with Gasteiger partial charge in [-0.15, -0.1) is 0 Å². The molecule has 1 aliphatic rings. The van der Waals surface area contributed by atoms with Crippen molar-refractivity contribution in [3.05, 3.63) is 29.0 Å². The second-order valence-corrected chi connectivity index (χ2v) is 8.81. The molecule has 0 saturated carbocycles. The minimum atomic E-state index is -3.14. The van der Waals surface area contributed by atoms with Gasteiger partial charge in [0.15, 0.2) is 0 Å². The average Bonchev–Trinajstić information content (AvgIpc) is 2.53. The summed E-state index contributed by atoms with van der Waals surface area (Å²) in [6, 6.07) is 6.02. The largest absolute Gasteiger partial charge is 0.356 e. The lowest BCUT2D eigenvalue weighted by molar-refractivity contribution is 0.313. The molecule has 0 spiro atoms. The Morgan fingerprint density at radius 2 is 1.96 bits per heavy atom. The number of benzene rings is 1. The maximum atomic E-state index is 11.7. The van der Waals surface area contributed by atoms with E-state index >= 15 is 0 Å². The molecule has 0 aliphatic carbocycles. The number of fused-ring (bicyclic) bond motifs is 1. The SMILES string of the molecule is CN(C1CCN(c2ncnc3ccc(Br)cc23)CC1)S(C)(=O)=O. The van der Waals surface area contributed by atoms with Gasteiger partial charge in [-0.3, -0.25) is 0 Å². The zero-order valence-electron chi connectivity index (χ0n) is 13.1. The topological polar surface area (TPSA) is 66.4 Å². The number of piperidine rings is 1. The van der Waals surface area contributed by atoms with Crippen LogP contribution in [0.3, 0.4) is 0 Å². The summed E-state index contributed by atoms with van der Waals surface area (Å²) in [5.41, 5.74) is 0.911. The van der Waals surface area contributed by atoms with Crippen LogP contribution in [0.1, 0.15) is 12.8 Å². The summed E-state index contributed by atoms with van der Waals surface area (Å²) in [5.74, 6) is 0.914. The number of aromatic nitrogens is 2. The number of hydrogen-bond acceptors (Lipinski definition) is 5. The van der Waals surface area contributed by atoms with Crippen molar-refractivity contribution in [2.75, 3.05) is 31.3 Å². The third-order valence-corrected chi connectivity index (χ3v) is 6.22. The Morgan fingerprint density at radius 1 is 1.26 bits per heavy atom. The molecule has 6 nitrogen and oxygen atoms in total. The second-order valence-electron chi connectivity index (χ2n) is 5.86. The minimum Gasteiger partial charge on any atom is -0.356 e. The molecule has 124 valence electrons. The molecule has 0 unspecified atom stereocenters. The van der Waals surface area contributed by atoms with E-state index in [4.69, 9.17) is 0 Å². The van der Waals surface area contributed by atoms with Crippen LogP contribution in [0.25, 0.3) is 10.9 Å². The Bertz CT molecular complexity index is 819. The standard InChI is InChI=1S/C15H19BrN4O2S/c1-19(23(2,21)22)12-5-7-20(8-6-12)15-13-9-11(16)3-4-14(13)17-10-18-15/h3-4,9-10,12H,5-8H2,1-2H3. The quantitative estimate of drug-likeness (QED) is 0.792. The van der Waals surface area contributed by atoms with Gasteiger partial charge in [0.05, 0.1) is 11.8 Å². The molecule has 0 amide bonds. The van der Waals surface area contributed by atoms with Gasteiger partial charge < -0.3 is 4.90 Å². The first kappa shape index (κ1) is 16.6. The first-order valence-electron chi connectivity index (χ1n) is 7.44. The summed E-state index contributed by atoms with van der Waals surface area (Å²) in [6.07, 6.45) is 4.43. The zero-order valence-corrected chi connectivity index (χ0v) is 15.5. The van der Waals surface area contributed by atoms with Gasteiger partial charge in [-0.1, -0.05) is 15.9 Å². The lowest BCUT2D eigenvalue weighted by atomic mass is 10.0. The average molecular weight is 399 g/mol. The van der Waals surface area contributed by atoms with Crippen molar-refractivity contribution in [1.82, 2.24) is 14.3 Å². The number of hydrogen-bond donors (Lipinski definition) is 0. The van der Waals surface area contributed by atoms with Crippen molar-refractivity contribution < 1.29 is 8.42 Å². The summed E-state index contributed by atoms with van der Waals surface area (Å²) in [4.78, 5) is 11.0. The fourth-order valence-electron chi connectivity index (χ4n) is 2.98. The molecule has 1 fully saturated rings. The van der Waals surface area contributed by atoms with Crippen LogP contribution in [0.2, 0.25) is 0 Å². The molecule has 0 N–H and O–H groups in total. The van der Waals surface area contributed by atoms with E-state index < -0.39 is 10.0 Å². The predicted molar refractivity (Wildman–Crippen MR) is 95.1 cm³/mol. The Hall–Kier alpha value is -1.25. The number of rotatable bonds is 3. The van der Waals surface area contributed by atoms with Crippen LogP contribution < -0.4 is 4.90 Å². The van der Waals surface area contributed by atoms with Crippen molar-refractivity contribution in [3.8, 4) is 0 Å². The smallest absolute Gasteiger partial charge is 0.211 e. The molecule has 2 aromatic rings. The lowest BCUT2D eigenvalue weighted by Crippen LogP contribution is -2.45. The monoisotopic (exact) mass is 398 g/mol. The van der Waals surface area contributed by atoms with Gasteiger partial charge in [0, 0.05) is 36.0 Å². The van der Waals surface area contributed by atoms with Gasteiger partial charge >= 0.3 is 0 Å². The third kappa shape index (κ3) is 3.49. The highest BCUT2D eigenvalue weighted by Crippen LogP contribution is 2.29. The van der Waals surface area contributed by atoms with Crippen molar-refractivity contribution in [2.45, 2.75) is 18.9 Å². The van der Waals surface area contributed by atoms with Gasteiger partial charge in [-0.25, -0.2) is 22.7 Å². The molecule has 2 heterocycles. The van der Waals surface area contributed by atoms with E-state index in [1.807, 2.05) is 18.2 Å². The molecule has 8 heteroatoms. The molecule has 1 aliphatic heterocycles. The number of sulfonamides is 1. The second kappa shape index (κ2) is 6.33. The molecule has 23 heavy (non-hydrogen) atoms. The summed E-state index contributed by atoms with van der Waals surface area (Å²) < 4.78 is 25.8. The lowest BCUT2D eigenvalue weighted by Gasteiger charge is -2.36. The van der Waals surface area contributed by atoms with Crippen LogP contribution in [0, 0.1) is 0 Å². The molecular formula is C15H19BrN4O2S. The fraction of sp³-hybridized carbons (Fsp3) is 0.467. The van der Waals surface area contributed by atoms with E-state index in [1.54, 1.807) is 13.4 Å². The van der Waals surface area contributed by atoms with E-state index in [-0.39, 0.29) is 6.04 Å². The van der Waals surface area contributed by atoms with Crippen LogP contribution >= 0.6 is 15.9 Å². The predicted octanol–water partition coefficient (Wildman–Crippen LogP) is 2.25. The Morgan fingerprint density at radius 3 is 2.61 bits per heavy atom. The van der Waals surface area contributed by atoms with Crippen molar-refractivity contribution in [2.24, 2.45) is 0 Å². The van der Waals surface area contributed by atoms with Crippen molar-refractivity contribution >= 4 is 42.7 Å². The number of nitrogens with zero attached hydrogens (tertiary/aromatic N) is 4. The first-order valence-corrected chi connectivity index (χ1v) is 10.1. The van der Waals surface area contributed by atoms with Crippen LogP contribution in [0.5, 0.6) is 0 Å². The van der Waals surface area contributed by atoms with Crippen LogP contribution in [-0.4, -0.2) is 55.1 Å². The van der Waals surface area contributed by atoms with E-state index in [9.17, 15) is 8.42 Å². The summed E-state index contributed by atoms with van der Waals surface area (Å²) >= 11 is 3.49. The van der Waals surface area contributed by atoms with Gasteiger partial charge in [0.25, 0.3) is 0 Å². The zero-order chi connectivity index (χ0) is 16.6. The molecule has 1 saturated heterocycles. The fourth-order valence-corrected chi connectivity index (χ4v) is 4.09. The van der Waals surface area contributed by atoms with Gasteiger partial charge in [0.2, 0.25) is 10.0 Å². The van der Waals surface area contributed by atoms with Crippen LogP contribution in [0.4, 0.5) is 5.82 Å². The highest BCUT2D eigenvalue weighted by atomic mass is 79.9. The highest BCUT2D eigenvalue weighted by Gasteiger charge is 2.28. The maximum absolute atomic E-state index is 11.7. The minimum absolute atomic E-state index is 0.0566. The Kier molecular flexibility index (Phi) is 4.57. The molecule has 0 atom stereocenters. The summed E-state index contributed by atoms with van der Waals surface area (Å²) in [6.45, 7) is 1.56. The number of halogens is 1. The highest BCUT2D eigenvalue weighted by molar-refractivity contribution is 9.10. The summed E-state index contributed by atoms with van der Waals surface area (Å²) in [7, 11) is -1.48. The third-order valence-electron chi connectivity index (χ3n) is 4.38. The normalized spacial score (nSPS) is 17.1. The van der Waals surface area contributed by atoms with Gasteiger partial charge in [0.1, 0.15) is 12.1 Å². The summed E-state index contributed by atoms with van der Waals surface area (Å²) in [5, 5.41) is 1.01. The molecule has 3 rings (SSSR count). The maximum Gasteiger partial charge on any atom is 0.211 e. The van der Waals surface area contributed by atoms with E-state index in [0.29, 0.717) is 0 Å².